The number of ether oxygens (including phenoxy) is 1. The predicted molar refractivity (Wildman–Crippen MR) is 142 cm³/mol. The summed E-state index contributed by atoms with van der Waals surface area (Å²) in [6, 6.07) is 29.3. The van der Waals surface area contributed by atoms with E-state index in [1.165, 1.54) is 21.6 Å². The van der Waals surface area contributed by atoms with Crippen LogP contribution in [0.15, 0.2) is 84.9 Å². The van der Waals surface area contributed by atoms with Gasteiger partial charge >= 0.3 is 12.1 Å². The lowest BCUT2D eigenvalue weighted by atomic mass is 10.1. The lowest BCUT2D eigenvalue weighted by molar-refractivity contribution is -0.192. The largest absolute Gasteiger partial charge is 0.497 e. The minimum absolute atomic E-state index is 0.821. The van der Waals surface area contributed by atoms with Crippen molar-refractivity contribution in [3.63, 3.8) is 0 Å². The molecule has 196 valence electrons. The van der Waals surface area contributed by atoms with Crippen molar-refractivity contribution in [2.75, 3.05) is 7.11 Å². The van der Waals surface area contributed by atoms with E-state index in [1.54, 1.807) is 18.4 Å². The number of benzene rings is 3. The molecule has 0 amide bonds. The third kappa shape index (κ3) is 6.99. The SMILES string of the molecule is COc1ccc(CNCc2cccc(-c3ccc(-c4nc5ccccc5[nH]4)s3)c2)cc1.O=C(O)C(F)(F)F. The summed E-state index contributed by atoms with van der Waals surface area (Å²) in [4.78, 5) is 19.4. The van der Waals surface area contributed by atoms with Crippen molar-refractivity contribution in [1.82, 2.24) is 15.3 Å². The molecular formula is C28H24F3N3O3S. The van der Waals surface area contributed by atoms with Crippen LogP contribution >= 0.6 is 11.3 Å². The molecule has 2 heterocycles. The van der Waals surface area contributed by atoms with Gasteiger partial charge in [0, 0.05) is 18.0 Å². The molecule has 5 aromatic rings. The van der Waals surface area contributed by atoms with Crippen LogP contribution in [-0.4, -0.2) is 34.3 Å². The molecule has 0 saturated carbocycles. The fourth-order valence-corrected chi connectivity index (χ4v) is 4.57. The van der Waals surface area contributed by atoms with Crippen LogP contribution in [0.25, 0.3) is 32.2 Å². The molecular weight excluding hydrogens is 515 g/mol. The number of hydrogen-bond acceptors (Lipinski definition) is 5. The van der Waals surface area contributed by atoms with Gasteiger partial charge in [-0.3, -0.25) is 0 Å². The van der Waals surface area contributed by atoms with Gasteiger partial charge in [0.1, 0.15) is 11.6 Å². The van der Waals surface area contributed by atoms with Crippen molar-refractivity contribution < 1.29 is 27.8 Å². The molecule has 10 heteroatoms. The van der Waals surface area contributed by atoms with E-state index in [1.807, 2.05) is 30.3 Å². The number of halogens is 3. The second-order valence-electron chi connectivity index (χ2n) is 8.22. The number of carbonyl (C=O) groups is 1. The van der Waals surface area contributed by atoms with Gasteiger partial charge < -0.3 is 20.1 Å². The molecule has 0 fully saturated rings. The molecule has 3 aromatic carbocycles. The zero-order chi connectivity index (χ0) is 27.1. The Balaban J connectivity index is 0.000000426. The number of hydrogen-bond donors (Lipinski definition) is 3. The highest BCUT2D eigenvalue weighted by molar-refractivity contribution is 7.18. The van der Waals surface area contributed by atoms with Crippen molar-refractivity contribution in [3.8, 4) is 26.9 Å². The van der Waals surface area contributed by atoms with Crippen LogP contribution in [-0.2, 0) is 17.9 Å². The van der Waals surface area contributed by atoms with Crippen molar-refractivity contribution in [3.05, 3.63) is 96.1 Å². The van der Waals surface area contributed by atoms with Crippen molar-refractivity contribution in [2.24, 2.45) is 0 Å². The minimum Gasteiger partial charge on any atom is -0.497 e. The van der Waals surface area contributed by atoms with Gasteiger partial charge in [0.05, 0.1) is 23.0 Å². The maximum atomic E-state index is 10.6. The highest BCUT2D eigenvalue weighted by Gasteiger charge is 2.38. The number of H-pyrrole nitrogens is 1. The molecule has 0 spiro atoms. The van der Waals surface area contributed by atoms with Crippen LogP contribution in [0.4, 0.5) is 13.2 Å². The molecule has 2 aromatic heterocycles. The van der Waals surface area contributed by atoms with E-state index in [9.17, 15) is 13.2 Å². The van der Waals surface area contributed by atoms with E-state index < -0.39 is 12.1 Å². The number of imidazole rings is 1. The third-order valence-corrected chi connectivity index (χ3v) is 6.64. The number of fused-ring (bicyclic) bond motifs is 1. The maximum absolute atomic E-state index is 10.6. The zero-order valence-corrected chi connectivity index (χ0v) is 21.1. The van der Waals surface area contributed by atoms with Gasteiger partial charge in [-0.2, -0.15) is 13.2 Å². The third-order valence-electron chi connectivity index (χ3n) is 5.50. The number of nitrogens with zero attached hydrogens (tertiary/aromatic N) is 1. The number of nitrogens with one attached hydrogen (secondary N) is 2. The van der Waals surface area contributed by atoms with E-state index in [0.29, 0.717) is 0 Å². The highest BCUT2D eigenvalue weighted by atomic mass is 32.1. The van der Waals surface area contributed by atoms with Crippen LogP contribution < -0.4 is 10.1 Å². The van der Waals surface area contributed by atoms with Gasteiger partial charge in [-0.1, -0.05) is 42.5 Å². The number of thiophene rings is 1. The Bertz CT molecular complexity index is 1480. The van der Waals surface area contributed by atoms with E-state index in [-0.39, 0.29) is 0 Å². The van der Waals surface area contributed by atoms with Crippen LogP contribution in [0, 0.1) is 0 Å². The Morgan fingerprint density at radius 1 is 0.947 bits per heavy atom. The van der Waals surface area contributed by atoms with E-state index in [4.69, 9.17) is 19.6 Å². The van der Waals surface area contributed by atoms with Crippen LogP contribution in [0.5, 0.6) is 5.75 Å². The molecule has 0 atom stereocenters. The molecule has 0 radical (unpaired) electrons. The Kier molecular flexibility index (Phi) is 8.45. The van der Waals surface area contributed by atoms with E-state index in [0.717, 1.165) is 40.6 Å². The van der Waals surface area contributed by atoms with Gasteiger partial charge in [-0.05, 0) is 59.2 Å². The minimum atomic E-state index is -5.08. The number of carboxylic acid groups (broad SMARTS) is 1. The van der Waals surface area contributed by atoms with Crippen molar-refractivity contribution in [1.29, 1.82) is 0 Å². The van der Waals surface area contributed by atoms with E-state index in [2.05, 4.69) is 64.9 Å². The number of aromatic amines is 1. The number of alkyl halides is 3. The summed E-state index contributed by atoms with van der Waals surface area (Å²) < 4.78 is 37.0. The van der Waals surface area contributed by atoms with E-state index >= 15 is 0 Å². The molecule has 0 unspecified atom stereocenters. The van der Waals surface area contributed by atoms with Gasteiger partial charge in [0.2, 0.25) is 0 Å². The van der Waals surface area contributed by atoms with Gasteiger partial charge in [0.15, 0.2) is 0 Å². The summed E-state index contributed by atoms with van der Waals surface area (Å²) in [5.41, 5.74) is 5.81. The Labute approximate surface area is 220 Å². The lowest BCUT2D eigenvalue weighted by Gasteiger charge is -2.07. The lowest BCUT2D eigenvalue weighted by Crippen LogP contribution is -2.21. The first-order valence-corrected chi connectivity index (χ1v) is 12.3. The quantitative estimate of drug-likeness (QED) is 0.210. The molecule has 0 aliphatic carbocycles. The summed E-state index contributed by atoms with van der Waals surface area (Å²) in [5.74, 6) is -0.948. The number of methoxy groups -OCH3 is 1. The number of para-hydroxylation sites is 2. The summed E-state index contributed by atoms with van der Waals surface area (Å²) in [5, 5.41) is 10.7. The molecule has 0 bridgehead atoms. The molecule has 5 rings (SSSR count). The summed E-state index contributed by atoms with van der Waals surface area (Å²) in [7, 11) is 1.69. The first-order valence-electron chi connectivity index (χ1n) is 11.5. The van der Waals surface area contributed by atoms with Crippen molar-refractivity contribution >= 4 is 28.3 Å². The van der Waals surface area contributed by atoms with Crippen molar-refractivity contribution in [2.45, 2.75) is 19.3 Å². The molecule has 0 saturated heterocycles. The summed E-state index contributed by atoms with van der Waals surface area (Å²) in [6.45, 7) is 1.64. The maximum Gasteiger partial charge on any atom is 0.490 e. The van der Waals surface area contributed by atoms with Gasteiger partial charge in [-0.25, -0.2) is 9.78 Å². The second kappa shape index (κ2) is 11.9. The fourth-order valence-electron chi connectivity index (χ4n) is 3.62. The fraction of sp³-hybridized carbons (Fsp3) is 0.143. The van der Waals surface area contributed by atoms with Gasteiger partial charge in [-0.15, -0.1) is 11.3 Å². The van der Waals surface area contributed by atoms with Gasteiger partial charge in [0.25, 0.3) is 0 Å². The normalized spacial score (nSPS) is 11.2. The standard InChI is InChI=1S/C26H23N3OS.C2HF3O2/c1-30-21-11-9-18(10-12-21)16-27-17-19-5-4-6-20(15-19)24-13-14-25(31-24)26-28-22-7-2-3-8-23(22)29-26;3-2(4,5)1(6)7/h2-15,27H,16-17H2,1H3,(H,28,29);(H,6,7). The average Bonchev–Trinajstić information content (AvgIpc) is 3.57. The Morgan fingerprint density at radius 2 is 1.63 bits per heavy atom. The second-order valence-corrected chi connectivity index (χ2v) is 9.31. The first kappa shape index (κ1) is 26.9. The number of aromatic nitrogens is 2. The highest BCUT2D eigenvalue weighted by Crippen LogP contribution is 2.34. The first-order chi connectivity index (χ1) is 18.2. The molecule has 3 N–H and O–H groups in total. The van der Waals surface area contributed by atoms with Crippen LogP contribution in [0.1, 0.15) is 11.1 Å². The number of aliphatic carboxylic acids is 1. The average molecular weight is 540 g/mol. The zero-order valence-electron chi connectivity index (χ0n) is 20.3. The van der Waals surface area contributed by atoms with Crippen LogP contribution in [0.3, 0.4) is 0 Å². The number of rotatable bonds is 7. The smallest absolute Gasteiger partial charge is 0.490 e. The topological polar surface area (TPSA) is 87.2 Å². The summed E-state index contributed by atoms with van der Waals surface area (Å²) in [6.07, 6.45) is -5.08. The molecule has 0 aliphatic rings. The summed E-state index contributed by atoms with van der Waals surface area (Å²) >= 11 is 1.76. The number of carboxylic acids is 1. The Morgan fingerprint density at radius 3 is 2.32 bits per heavy atom. The van der Waals surface area contributed by atoms with Crippen LogP contribution in [0.2, 0.25) is 0 Å². The molecule has 0 aliphatic heterocycles. The molecule has 38 heavy (non-hydrogen) atoms. The monoisotopic (exact) mass is 539 g/mol. The Hall–Kier alpha value is -4.15. The predicted octanol–water partition coefficient (Wildman–Crippen LogP) is 6.89. The molecule has 6 nitrogen and oxygen atoms in total.